The third-order valence-corrected chi connectivity index (χ3v) is 2.40. The minimum absolute atomic E-state index is 0.01000. The Morgan fingerprint density at radius 2 is 2.07 bits per heavy atom. The van der Waals surface area contributed by atoms with Gasteiger partial charge in [0.05, 0.1) is 12.3 Å². The number of hydrogen-bond donors (Lipinski definition) is 0. The molecule has 0 aromatic heterocycles. The lowest BCUT2D eigenvalue weighted by molar-refractivity contribution is 0.151. The summed E-state index contributed by atoms with van der Waals surface area (Å²) in [5, 5.41) is 8.48. The maximum atomic E-state index is 8.48. The van der Waals surface area contributed by atoms with Gasteiger partial charge in [0.15, 0.2) is 0 Å². The fourth-order valence-corrected chi connectivity index (χ4v) is 1.68. The minimum atomic E-state index is 0.01000. The van der Waals surface area contributed by atoms with Crippen LogP contribution in [0.25, 0.3) is 0 Å². The second-order valence-electron chi connectivity index (χ2n) is 3.36. The van der Waals surface area contributed by atoms with E-state index in [9.17, 15) is 0 Å². The van der Waals surface area contributed by atoms with Crippen molar-refractivity contribution in [1.29, 1.82) is 5.26 Å². The monoisotopic (exact) mass is 197 g/mol. The molecule has 2 rings (SSSR count). The minimum Gasteiger partial charge on any atom is -0.493 e. The molecule has 1 aliphatic heterocycles. The molecule has 0 bridgehead atoms. The predicted molar refractivity (Wildman–Crippen MR) is 57.7 cm³/mol. The zero-order chi connectivity index (χ0) is 10.5. The fourth-order valence-electron chi connectivity index (χ4n) is 1.68. The van der Waals surface area contributed by atoms with Gasteiger partial charge in [0.25, 0.3) is 0 Å². The summed E-state index contributed by atoms with van der Waals surface area (Å²) in [6.07, 6.45) is 7.03. The molecule has 0 radical (unpaired) electrons. The molecule has 2 atom stereocenters. The molecule has 2 heteroatoms. The Kier molecular flexibility index (Phi) is 2.85. The highest BCUT2D eigenvalue weighted by molar-refractivity contribution is 5.24. The molecule has 1 aromatic carbocycles. The Balaban J connectivity index is 2.18. The number of rotatable bonds is 2. The quantitative estimate of drug-likeness (QED) is 0.683. The first kappa shape index (κ1) is 9.54. The summed E-state index contributed by atoms with van der Waals surface area (Å²) in [6.45, 7) is 0. The van der Waals surface area contributed by atoms with E-state index in [-0.39, 0.29) is 12.0 Å². The van der Waals surface area contributed by atoms with Gasteiger partial charge in [-0.05, 0) is 11.6 Å². The maximum Gasteiger partial charge on any atom is 0.133 e. The molecule has 0 N–H and O–H groups in total. The standard InChI is InChI=1S/C13H11NO/c14-9-4-7-12-8-10-15-13(12)11-5-2-1-3-6-11/h1-8,10,12-13H/b7-4+. The first-order valence-electron chi connectivity index (χ1n) is 4.85. The lowest BCUT2D eigenvalue weighted by Gasteiger charge is -2.15. The first-order chi connectivity index (χ1) is 7.42. The van der Waals surface area contributed by atoms with Gasteiger partial charge >= 0.3 is 0 Å². The van der Waals surface area contributed by atoms with Crippen molar-refractivity contribution >= 4 is 0 Å². The van der Waals surface area contributed by atoms with E-state index in [1.807, 2.05) is 48.6 Å². The van der Waals surface area contributed by atoms with Gasteiger partial charge in [-0.25, -0.2) is 0 Å². The van der Waals surface area contributed by atoms with E-state index in [1.54, 1.807) is 6.26 Å². The van der Waals surface area contributed by atoms with E-state index < -0.39 is 0 Å². The Bertz CT molecular complexity index is 414. The van der Waals surface area contributed by atoms with Gasteiger partial charge < -0.3 is 4.74 Å². The van der Waals surface area contributed by atoms with Gasteiger partial charge in [0.1, 0.15) is 6.10 Å². The van der Waals surface area contributed by atoms with Crippen molar-refractivity contribution in [2.24, 2.45) is 5.92 Å². The molecule has 0 aliphatic carbocycles. The molecule has 2 nitrogen and oxygen atoms in total. The molecule has 15 heavy (non-hydrogen) atoms. The molecule has 74 valence electrons. The Morgan fingerprint density at radius 3 is 2.80 bits per heavy atom. The molecule has 1 aliphatic rings. The number of benzene rings is 1. The van der Waals surface area contributed by atoms with Crippen LogP contribution in [0, 0.1) is 17.2 Å². The third kappa shape index (κ3) is 2.08. The number of nitriles is 1. The maximum absolute atomic E-state index is 8.48. The van der Waals surface area contributed by atoms with E-state index in [1.165, 1.54) is 6.08 Å². The van der Waals surface area contributed by atoms with Crippen LogP contribution in [0.3, 0.4) is 0 Å². The van der Waals surface area contributed by atoms with Gasteiger partial charge in [0.2, 0.25) is 0 Å². The lowest BCUT2D eigenvalue weighted by atomic mass is 9.97. The van der Waals surface area contributed by atoms with E-state index in [0.717, 1.165) is 5.56 Å². The van der Waals surface area contributed by atoms with Crippen molar-refractivity contribution in [2.75, 3.05) is 0 Å². The van der Waals surface area contributed by atoms with Crippen LogP contribution < -0.4 is 0 Å². The van der Waals surface area contributed by atoms with Gasteiger partial charge in [-0.2, -0.15) is 5.26 Å². The highest BCUT2D eigenvalue weighted by Gasteiger charge is 2.23. The van der Waals surface area contributed by atoms with Crippen LogP contribution in [-0.4, -0.2) is 0 Å². The van der Waals surface area contributed by atoms with Gasteiger partial charge in [0, 0.05) is 12.0 Å². The Morgan fingerprint density at radius 1 is 1.27 bits per heavy atom. The normalized spacial score (nSPS) is 23.9. The summed E-state index contributed by atoms with van der Waals surface area (Å²) in [4.78, 5) is 0. The summed E-state index contributed by atoms with van der Waals surface area (Å²) in [5.74, 6) is 0.159. The molecule has 0 saturated carbocycles. The van der Waals surface area contributed by atoms with Gasteiger partial charge in [-0.15, -0.1) is 0 Å². The SMILES string of the molecule is N#C/C=C/C1C=COC1c1ccccc1. The second-order valence-corrected chi connectivity index (χ2v) is 3.36. The van der Waals surface area contributed by atoms with E-state index in [0.29, 0.717) is 0 Å². The van der Waals surface area contributed by atoms with Crippen LogP contribution in [0.4, 0.5) is 0 Å². The molecule has 0 saturated heterocycles. The number of hydrogen-bond acceptors (Lipinski definition) is 2. The second kappa shape index (κ2) is 4.47. The van der Waals surface area contributed by atoms with E-state index in [2.05, 4.69) is 0 Å². The number of nitrogens with zero attached hydrogens (tertiary/aromatic N) is 1. The lowest BCUT2D eigenvalue weighted by Crippen LogP contribution is -2.05. The molecule has 2 unspecified atom stereocenters. The van der Waals surface area contributed by atoms with Crippen molar-refractivity contribution in [1.82, 2.24) is 0 Å². The molecular formula is C13H11NO. The van der Waals surface area contributed by atoms with E-state index >= 15 is 0 Å². The highest BCUT2D eigenvalue weighted by atomic mass is 16.5. The molecule has 1 aromatic rings. The fraction of sp³-hybridized carbons (Fsp3) is 0.154. The van der Waals surface area contributed by atoms with Crippen molar-refractivity contribution in [3.05, 3.63) is 60.4 Å². The number of ether oxygens (including phenoxy) is 1. The Labute approximate surface area is 89.1 Å². The summed E-state index contributed by atoms with van der Waals surface area (Å²) in [5.41, 5.74) is 1.13. The smallest absolute Gasteiger partial charge is 0.133 e. The van der Waals surface area contributed by atoms with Gasteiger partial charge in [-0.3, -0.25) is 0 Å². The topological polar surface area (TPSA) is 33.0 Å². The summed E-state index contributed by atoms with van der Waals surface area (Å²) in [6, 6.07) is 12.0. The first-order valence-corrected chi connectivity index (χ1v) is 4.85. The molecule has 1 heterocycles. The average Bonchev–Trinajstić information content (AvgIpc) is 2.75. The van der Waals surface area contributed by atoms with Crippen LogP contribution >= 0.6 is 0 Å². The molecule has 0 fully saturated rings. The predicted octanol–water partition coefficient (Wildman–Crippen LogP) is 2.97. The largest absolute Gasteiger partial charge is 0.493 e. The van der Waals surface area contributed by atoms with Crippen LogP contribution in [0.15, 0.2) is 54.8 Å². The molecule has 0 spiro atoms. The average molecular weight is 197 g/mol. The van der Waals surface area contributed by atoms with Crippen molar-refractivity contribution in [2.45, 2.75) is 6.10 Å². The van der Waals surface area contributed by atoms with Gasteiger partial charge in [-0.1, -0.05) is 36.4 Å². The van der Waals surface area contributed by atoms with Crippen molar-refractivity contribution in [3.8, 4) is 6.07 Å². The summed E-state index contributed by atoms with van der Waals surface area (Å²) >= 11 is 0. The molecule has 0 amide bonds. The zero-order valence-corrected chi connectivity index (χ0v) is 8.21. The van der Waals surface area contributed by atoms with Crippen molar-refractivity contribution < 1.29 is 4.74 Å². The van der Waals surface area contributed by atoms with Crippen molar-refractivity contribution in [3.63, 3.8) is 0 Å². The summed E-state index contributed by atoms with van der Waals surface area (Å²) in [7, 11) is 0. The van der Waals surface area contributed by atoms with Crippen LogP contribution in [-0.2, 0) is 4.74 Å². The zero-order valence-electron chi connectivity index (χ0n) is 8.21. The highest BCUT2D eigenvalue weighted by Crippen LogP contribution is 2.32. The van der Waals surface area contributed by atoms with Crippen LogP contribution in [0.5, 0.6) is 0 Å². The van der Waals surface area contributed by atoms with E-state index in [4.69, 9.17) is 10.00 Å². The third-order valence-electron chi connectivity index (χ3n) is 2.40. The Hall–Kier alpha value is -2.01. The molecular weight excluding hydrogens is 186 g/mol. The summed E-state index contributed by atoms with van der Waals surface area (Å²) < 4.78 is 5.51. The van der Waals surface area contributed by atoms with Crippen LogP contribution in [0.1, 0.15) is 11.7 Å². The van der Waals surface area contributed by atoms with Crippen LogP contribution in [0.2, 0.25) is 0 Å². The number of allylic oxidation sites excluding steroid dienone is 1.